The molecule has 6 aromatic rings. The van der Waals surface area contributed by atoms with Gasteiger partial charge in [0.1, 0.15) is 8.07 Å². The Balaban J connectivity index is 1.66. The lowest BCUT2D eigenvalue weighted by molar-refractivity contribution is 1.01. The van der Waals surface area contributed by atoms with Gasteiger partial charge in [-0.25, -0.2) is 0 Å². The van der Waals surface area contributed by atoms with Crippen molar-refractivity contribution in [3.05, 3.63) is 182 Å². The highest BCUT2D eigenvalue weighted by Crippen LogP contribution is 2.31. The topological polar surface area (TPSA) is 0 Å². The zero-order valence-corrected chi connectivity index (χ0v) is 25.6. The molecule has 0 nitrogen and oxygen atoms in total. The van der Waals surface area contributed by atoms with Gasteiger partial charge in [0.25, 0.3) is 0 Å². The van der Waals surface area contributed by atoms with Gasteiger partial charge in [0.05, 0.1) is 0 Å². The van der Waals surface area contributed by atoms with Crippen molar-refractivity contribution in [2.24, 2.45) is 0 Å². The van der Waals surface area contributed by atoms with E-state index in [1.165, 1.54) is 31.1 Å². The Labute approximate surface area is 247 Å². The van der Waals surface area contributed by atoms with Crippen molar-refractivity contribution < 1.29 is 0 Å². The maximum atomic E-state index is 2.55. The fourth-order valence-corrected chi connectivity index (χ4v) is 19.0. The zero-order chi connectivity index (χ0) is 28.0. The van der Waals surface area contributed by atoms with E-state index < -0.39 is 16.1 Å². The summed E-state index contributed by atoms with van der Waals surface area (Å²) in [5.41, 5.74) is 0.405. The van der Waals surface area contributed by atoms with E-state index in [4.69, 9.17) is 0 Å². The minimum atomic E-state index is -2.50. The summed E-state index contributed by atoms with van der Waals surface area (Å²) in [5.74, 6) is 0. The Morgan fingerprint density at radius 2 is 0.561 bits per heavy atom. The quantitative estimate of drug-likeness (QED) is 0.157. The molecule has 0 N–H and O–H groups in total. The summed E-state index contributed by atoms with van der Waals surface area (Å²) in [7, 11) is -4.96. The van der Waals surface area contributed by atoms with Crippen LogP contribution < -0.4 is 31.1 Å². The second-order valence-electron chi connectivity index (χ2n) is 11.0. The fraction of sp³-hybridized carbons (Fsp3) is 0.0769. The van der Waals surface area contributed by atoms with Crippen LogP contribution in [-0.2, 0) is 0 Å². The van der Waals surface area contributed by atoms with Gasteiger partial charge in [-0.15, -0.1) is 0 Å². The summed E-state index contributed by atoms with van der Waals surface area (Å²) >= 11 is 0. The van der Waals surface area contributed by atoms with E-state index in [1.807, 2.05) is 0 Å². The van der Waals surface area contributed by atoms with Gasteiger partial charge in [-0.2, -0.15) is 0 Å². The van der Waals surface area contributed by atoms with E-state index in [2.05, 4.69) is 189 Å². The summed E-state index contributed by atoms with van der Waals surface area (Å²) in [6.45, 7) is 2.55. The lowest BCUT2D eigenvalue weighted by Gasteiger charge is -2.44. The molecule has 2 heteroatoms. The normalized spacial score (nSPS) is 12.5. The molecule has 0 aliphatic heterocycles. The molecule has 6 aromatic carbocycles. The number of benzene rings is 6. The second-order valence-corrected chi connectivity index (χ2v) is 19.3. The fourth-order valence-electron chi connectivity index (χ4n) is 7.09. The molecular formula is C39H36Si2. The van der Waals surface area contributed by atoms with E-state index in [0.717, 1.165) is 6.04 Å². The van der Waals surface area contributed by atoms with E-state index >= 15 is 0 Å². The van der Waals surface area contributed by atoms with Crippen LogP contribution in [-0.4, -0.2) is 16.1 Å². The van der Waals surface area contributed by atoms with Crippen molar-refractivity contribution in [1.29, 1.82) is 0 Å². The molecule has 200 valence electrons. The highest BCUT2D eigenvalue weighted by Gasteiger charge is 2.49. The molecule has 0 spiro atoms. The van der Waals surface area contributed by atoms with Gasteiger partial charge in [0, 0.05) is 0 Å². The third kappa shape index (κ3) is 4.95. The minimum absolute atomic E-state index is 0.405. The van der Waals surface area contributed by atoms with Crippen LogP contribution in [0.3, 0.4) is 0 Å². The minimum Gasteiger partial charge on any atom is -0.0642 e. The van der Waals surface area contributed by atoms with Crippen LogP contribution in [0.25, 0.3) is 0 Å². The summed E-state index contributed by atoms with van der Waals surface area (Å²) < 4.78 is 0. The molecule has 0 fully saturated rings. The largest absolute Gasteiger partial charge is 0.150 e. The first-order valence-corrected chi connectivity index (χ1v) is 18.9. The molecular weight excluding hydrogens is 525 g/mol. The van der Waals surface area contributed by atoms with Crippen LogP contribution in [0.15, 0.2) is 182 Å². The Hall–Kier alpha value is -4.25. The summed E-state index contributed by atoms with van der Waals surface area (Å²) in [6, 6.07) is 69.4. The molecule has 0 saturated carbocycles. The molecule has 0 radical (unpaired) electrons. The molecule has 0 aliphatic rings. The van der Waals surface area contributed by atoms with Crippen molar-refractivity contribution in [2.45, 2.75) is 18.5 Å². The summed E-state index contributed by atoms with van der Waals surface area (Å²) in [4.78, 5) is 0. The Morgan fingerprint density at radius 1 is 0.341 bits per heavy atom. The predicted octanol–water partition coefficient (Wildman–Crippen LogP) is 5.72. The molecule has 6 rings (SSSR count). The average molecular weight is 561 g/mol. The molecule has 0 heterocycles. The lowest BCUT2D eigenvalue weighted by Crippen LogP contribution is -2.73. The smallest absolute Gasteiger partial charge is 0.0642 e. The lowest BCUT2D eigenvalue weighted by atomic mass is 10.3. The van der Waals surface area contributed by atoms with Gasteiger partial charge in [0.2, 0.25) is 0 Å². The van der Waals surface area contributed by atoms with Gasteiger partial charge in [-0.1, -0.05) is 189 Å². The first kappa shape index (κ1) is 26.9. The van der Waals surface area contributed by atoms with Crippen molar-refractivity contribution in [1.82, 2.24) is 0 Å². The van der Waals surface area contributed by atoms with Gasteiger partial charge >= 0.3 is 0 Å². The van der Waals surface area contributed by atoms with Crippen molar-refractivity contribution in [3.8, 4) is 0 Å². The third-order valence-electron chi connectivity index (χ3n) is 8.84. The van der Waals surface area contributed by atoms with Crippen molar-refractivity contribution >= 4 is 47.3 Å². The second kappa shape index (κ2) is 12.1. The van der Waals surface area contributed by atoms with E-state index in [1.54, 1.807) is 0 Å². The van der Waals surface area contributed by atoms with E-state index in [9.17, 15) is 0 Å². The van der Waals surface area contributed by atoms with Gasteiger partial charge in [-0.3, -0.25) is 0 Å². The maximum absolute atomic E-state index is 2.55. The predicted molar refractivity (Wildman–Crippen MR) is 182 cm³/mol. The van der Waals surface area contributed by atoms with Gasteiger partial charge in [-0.05, 0) is 42.7 Å². The van der Waals surface area contributed by atoms with Crippen molar-refractivity contribution in [3.63, 3.8) is 0 Å². The first-order chi connectivity index (χ1) is 20.3. The van der Waals surface area contributed by atoms with Crippen LogP contribution in [0.5, 0.6) is 0 Å². The Morgan fingerprint density at radius 3 is 0.805 bits per heavy atom. The molecule has 41 heavy (non-hydrogen) atoms. The van der Waals surface area contributed by atoms with Crippen LogP contribution in [0.4, 0.5) is 0 Å². The molecule has 1 unspecified atom stereocenters. The number of hydrogen-bond donors (Lipinski definition) is 0. The summed E-state index contributed by atoms with van der Waals surface area (Å²) in [6.07, 6.45) is 0. The van der Waals surface area contributed by atoms with Crippen LogP contribution in [0.1, 0.15) is 6.92 Å². The standard InChI is InChI=1S/C39H36Si2/c1-33(41(37-26-14-5-15-27-37,38-28-16-6-17-29-38)39-30-18-7-19-31-39)32-40(34-20-8-2-9-21-34,35-22-10-3-11-23-35)36-24-12-4-13-25-36/h2-31,33H,32H2,1H3. The SMILES string of the molecule is CC(C[Si](c1ccccc1)(c1ccccc1)c1ccccc1)[Si](c1ccccc1)(c1ccccc1)c1ccccc1. The van der Waals surface area contributed by atoms with E-state index in [0.29, 0.717) is 5.54 Å². The average Bonchev–Trinajstić information content (AvgIpc) is 3.07. The molecule has 0 aromatic heterocycles. The Kier molecular flexibility index (Phi) is 7.95. The molecule has 0 saturated heterocycles. The van der Waals surface area contributed by atoms with Crippen molar-refractivity contribution in [2.75, 3.05) is 0 Å². The number of hydrogen-bond acceptors (Lipinski definition) is 0. The van der Waals surface area contributed by atoms with Gasteiger partial charge in [0.15, 0.2) is 8.07 Å². The number of rotatable bonds is 9. The van der Waals surface area contributed by atoms with Crippen LogP contribution >= 0.6 is 0 Å². The molecule has 1 atom stereocenters. The first-order valence-electron chi connectivity index (χ1n) is 14.6. The highest BCUT2D eigenvalue weighted by atomic mass is 28.3. The third-order valence-corrected chi connectivity index (χ3v) is 19.8. The van der Waals surface area contributed by atoms with Crippen LogP contribution in [0, 0.1) is 0 Å². The highest BCUT2D eigenvalue weighted by molar-refractivity contribution is 7.16. The molecule has 0 amide bonds. The van der Waals surface area contributed by atoms with Crippen LogP contribution in [0.2, 0.25) is 11.6 Å². The maximum Gasteiger partial charge on any atom is 0.150 e. The molecule has 0 bridgehead atoms. The molecule has 0 aliphatic carbocycles. The van der Waals surface area contributed by atoms with E-state index in [-0.39, 0.29) is 0 Å². The summed E-state index contributed by atoms with van der Waals surface area (Å²) in [5, 5.41) is 8.84. The Bertz CT molecular complexity index is 1440. The van der Waals surface area contributed by atoms with Gasteiger partial charge < -0.3 is 0 Å². The zero-order valence-electron chi connectivity index (χ0n) is 23.6. The monoisotopic (exact) mass is 560 g/mol.